The minimum Gasteiger partial charge on any atom is -0.337 e. The van der Waals surface area contributed by atoms with Crippen LogP contribution in [-0.2, 0) is 11.3 Å². The second-order valence-corrected chi connectivity index (χ2v) is 6.38. The molecule has 0 aromatic heterocycles. The van der Waals surface area contributed by atoms with Crippen molar-refractivity contribution >= 4 is 17.7 Å². The molecule has 1 fully saturated rings. The first-order valence-electron chi connectivity index (χ1n) is 8.70. The lowest BCUT2D eigenvalue weighted by Crippen LogP contribution is -2.47. The van der Waals surface area contributed by atoms with Gasteiger partial charge in [-0.25, -0.2) is 4.39 Å². The maximum Gasteiger partial charge on any atom is 0.276 e. The van der Waals surface area contributed by atoms with Crippen LogP contribution in [0.3, 0.4) is 0 Å². The maximum absolute atomic E-state index is 13.0. The Kier molecular flexibility index (Phi) is 5.93. The number of halogens is 1. The topological polar surface area (TPSA) is 66.7 Å². The van der Waals surface area contributed by atoms with E-state index in [0.717, 1.165) is 18.7 Å². The Balaban J connectivity index is 1.54. The van der Waals surface area contributed by atoms with Crippen molar-refractivity contribution in [1.29, 1.82) is 0 Å². The lowest BCUT2D eigenvalue weighted by Gasteiger charge is -2.34. The predicted octanol–water partition coefficient (Wildman–Crippen LogP) is 3.09. The minimum atomic E-state index is -0.460. The van der Waals surface area contributed by atoms with E-state index < -0.39 is 4.92 Å². The average Bonchev–Trinajstić information content (AvgIpc) is 2.68. The number of benzene rings is 2. The number of rotatable bonds is 5. The molecule has 2 aromatic carbocycles. The van der Waals surface area contributed by atoms with Crippen LogP contribution in [0.25, 0.3) is 6.08 Å². The van der Waals surface area contributed by atoms with Gasteiger partial charge in [-0.3, -0.25) is 19.8 Å². The van der Waals surface area contributed by atoms with Crippen molar-refractivity contribution in [3.8, 4) is 0 Å². The molecular formula is C20H20FN3O3. The highest BCUT2D eigenvalue weighted by atomic mass is 19.1. The fourth-order valence-electron chi connectivity index (χ4n) is 3.04. The van der Waals surface area contributed by atoms with Crippen molar-refractivity contribution in [2.24, 2.45) is 0 Å². The molecule has 3 rings (SSSR count). The van der Waals surface area contributed by atoms with E-state index in [1.54, 1.807) is 35.2 Å². The lowest BCUT2D eigenvalue weighted by atomic mass is 10.1. The number of para-hydroxylation sites is 1. The first-order chi connectivity index (χ1) is 13.0. The van der Waals surface area contributed by atoms with Crippen LogP contribution < -0.4 is 0 Å². The van der Waals surface area contributed by atoms with E-state index >= 15 is 0 Å². The Morgan fingerprint density at radius 2 is 1.74 bits per heavy atom. The molecule has 7 heteroatoms. The molecular weight excluding hydrogens is 349 g/mol. The molecule has 0 unspecified atom stereocenters. The molecule has 1 heterocycles. The van der Waals surface area contributed by atoms with E-state index in [4.69, 9.17) is 0 Å². The normalized spacial score (nSPS) is 15.2. The molecule has 6 nitrogen and oxygen atoms in total. The quantitative estimate of drug-likeness (QED) is 0.461. The second-order valence-electron chi connectivity index (χ2n) is 6.38. The number of carbonyl (C=O) groups is 1. The monoisotopic (exact) mass is 369 g/mol. The third-order valence-electron chi connectivity index (χ3n) is 4.54. The Labute approximate surface area is 156 Å². The Bertz CT molecular complexity index is 844. The molecule has 0 radical (unpaired) electrons. The smallest absolute Gasteiger partial charge is 0.276 e. The maximum atomic E-state index is 13.0. The van der Waals surface area contributed by atoms with Gasteiger partial charge in [-0.2, -0.15) is 0 Å². The van der Waals surface area contributed by atoms with Crippen LogP contribution >= 0.6 is 0 Å². The van der Waals surface area contributed by atoms with E-state index in [1.807, 2.05) is 0 Å². The van der Waals surface area contributed by atoms with Crippen molar-refractivity contribution in [2.75, 3.05) is 26.2 Å². The zero-order valence-corrected chi connectivity index (χ0v) is 14.8. The van der Waals surface area contributed by atoms with Gasteiger partial charge in [0.25, 0.3) is 5.69 Å². The van der Waals surface area contributed by atoms with Crippen LogP contribution in [0.1, 0.15) is 11.1 Å². The van der Waals surface area contributed by atoms with Crippen LogP contribution in [0, 0.1) is 15.9 Å². The summed E-state index contributed by atoms with van der Waals surface area (Å²) in [5.74, 6) is -0.408. The summed E-state index contributed by atoms with van der Waals surface area (Å²) < 4.78 is 13.0. The van der Waals surface area contributed by atoms with E-state index in [-0.39, 0.29) is 17.4 Å². The highest BCUT2D eigenvalue weighted by Gasteiger charge is 2.20. The average molecular weight is 369 g/mol. The molecule has 1 amide bonds. The predicted molar refractivity (Wildman–Crippen MR) is 100 cm³/mol. The number of hydrogen-bond acceptors (Lipinski definition) is 4. The molecule has 0 bridgehead atoms. The number of piperazine rings is 1. The fraction of sp³-hybridized carbons (Fsp3) is 0.250. The van der Waals surface area contributed by atoms with Gasteiger partial charge in [0.2, 0.25) is 5.91 Å². The second kappa shape index (κ2) is 8.55. The SMILES string of the molecule is O=C(/C=C/c1ccccc1[N+](=O)[O-])N1CCN(Cc2ccc(F)cc2)CC1. The van der Waals surface area contributed by atoms with Gasteiger partial charge in [0.1, 0.15) is 5.82 Å². The molecule has 27 heavy (non-hydrogen) atoms. The summed E-state index contributed by atoms with van der Waals surface area (Å²) in [7, 11) is 0. The Morgan fingerprint density at radius 3 is 2.41 bits per heavy atom. The highest BCUT2D eigenvalue weighted by molar-refractivity contribution is 5.92. The minimum absolute atomic E-state index is 0.0225. The van der Waals surface area contributed by atoms with Crippen molar-refractivity contribution in [1.82, 2.24) is 9.80 Å². The number of hydrogen-bond donors (Lipinski definition) is 0. The van der Waals surface area contributed by atoms with Gasteiger partial charge in [-0.05, 0) is 29.8 Å². The Hall–Kier alpha value is -3.06. The molecule has 0 spiro atoms. The first kappa shape index (κ1) is 18.7. The zero-order chi connectivity index (χ0) is 19.2. The standard InChI is InChI=1S/C20H20FN3O3/c21-18-8-5-16(6-9-18)15-22-11-13-23(14-12-22)20(25)10-7-17-3-1-2-4-19(17)24(26)27/h1-10H,11-15H2/b10-7+. The zero-order valence-electron chi connectivity index (χ0n) is 14.8. The summed E-state index contributed by atoms with van der Waals surface area (Å²) in [4.78, 5) is 26.9. The highest BCUT2D eigenvalue weighted by Crippen LogP contribution is 2.19. The van der Waals surface area contributed by atoms with Gasteiger partial charge in [0.05, 0.1) is 10.5 Å². The fourth-order valence-corrected chi connectivity index (χ4v) is 3.04. The lowest BCUT2D eigenvalue weighted by molar-refractivity contribution is -0.385. The summed E-state index contributed by atoms with van der Waals surface area (Å²) in [6.07, 6.45) is 2.88. The summed E-state index contributed by atoms with van der Waals surface area (Å²) in [6, 6.07) is 12.8. The molecule has 0 N–H and O–H groups in total. The number of carbonyl (C=O) groups excluding carboxylic acids is 1. The molecule has 1 aliphatic heterocycles. The first-order valence-corrected chi connectivity index (χ1v) is 8.70. The summed E-state index contributed by atoms with van der Waals surface area (Å²) in [5, 5.41) is 11.0. The number of nitro benzene ring substituents is 1. The van der Waals surface area contributed by atoms with E-state index in [2.05, 4.69) is 4.90 Å². The molecule has 140 valence electrons. The van der Waals surface area contributed by atoms with Crippen LogP contribution in [0.15, 0.2) is 54.6 Å². The number of nitro groups is 1. The van der Waals surface area contributed by atoms with Crippen LogP contribution in [0.5, 0.6) is 0 Å². The number of nitrogens with zero attached hydrogens (tertiary/aromatic N) is 3. The third kappa shape index (κ3) is 4.98. The molecule has 0 saturated carbocycles. The molecule has 1 aliphatic rings. The van der Waals surface area contributed by atoms with Crippen molar-refractivity contribution in [3.63, 3.8) is 0 Å². The van der Waals surface area contributed by atoms with Gasteiger partial charge in [0.15, 0.2) is 0 Å². The third-order valence-corrected chi connectivity index (χ3v) is 4.54. The van der Waals surface area contributed by atoms with E-state index in [9.17, 15) is 19.3 Å². The van der Waals surface area contributed by atoms with Crippen molar-refractivity contribution < 1.29 is 14.1 Å². The molecule has 1 saturated heterocycles. The van der Waals surface area contributed by atoms with Crippen LogP contribution in [0.2, 0.25) is 0 Å². The van der Waals surface area contributed by atoms with Gasteiger partial charge in [-0.1, -0.05) is 24.3 Å². The summed E-state index contributed by atoms with van der Waals surface area (Å²) >= 11 is 0. The van der Waals surface area contributed by atoms with Crippen molar-refractivity contribution in [2.45, 2.75) is 6.54 Å². The summed E-state index contributed by atoms with van der Waals surface area (Å²) in [6.45, 7) is 3.34. The van der Waals surface area contributed by atoms with Gasteiger partial charge in [-0.15, -0.1) is 0 Å². The largest absolute Gasteiger partial charge is 0.337 e. The van der Waals surface area contributed by atoms with Crippen molar-refractivity contribution in [3.05, 3.63) is 81.7 Å². The van der Waals surface area contributed by atoms with Crippen LogP contribution in [-0.4, -0.2) is 46.8 Å². The van der Waals surface area contributed by atoms with Gasteiger partial charge in [0, 0.05) is 44.9 Å². The summed E-state index contributed by atoms with van der Waals surface area (Å²) in [5.41, 5.74) is 1.42. The van der Waals surface area contributed by atoms with E-state index in [1.165, 1.54) is 30.4 Å². The van der Waals surface area contributed by atoms with Crippen LogP contribution in [0.4, 0.5) is 10.1 Å². The molecule has 0 atom stereocenters. The molecule has 2 aromatic rings. The molecule has 0 aliphatic carbocycles. The van der Waals surface area contributed by atoms with E-state index in [0.29, 0.717) is 25.2 Å². The Morgan fingerprint density at radius 1 is 1.07 bits per heavy atom. The van der Waals surface area contributed by atoms with Gasteiger partial charge >= 0.3 is 0 Å². The van der Waals surface area contributed by atoms with Gasteiger partial charge < -0.3 is 4.90 Å². The number of amides is 1.